The molecule has 0 saturated heterocycles. The van der Waals surface area contributed by atoms with E-state index in [9.17, 15) is 8.42 Å². The summed E-state index contributed by atoms with van der Waals surface area (Å²) in [5, 5.41) is 3.56. The Kier molecular flexibility index (Phi) is 4.36. The van der Waals surface area contributed by atoms with Crippen LogP contribution in [-0.4, -0.2) is 21.5 Å². The van der Waals surface area contributed by atoms with Gasteiger partial charge in [-0.15, -0.1) is 0 Å². The molecule has 4 nitrogen and oxygen atoms in total. The van der Waals surface area contributed by atoms with Crippen LogP contribution in [0.1, 0.15) is 39.2 Å². The monoisotopic (exact) mass is 310 g/mol. The van der Waals surface area contributed by atoms with Gasteiger partial charge in [-0.3, -0.25) is 0 Å². The number of nitrogens with one attached hydrogen (secondary N) is 2. The lowest BCUT2D eigenvalue weighted by Gasteiger charge is -2.21. The molecule has 0 spiro atoms. The van der Waals surface area contributed by atoms with Gasteiger partial charge in [-0.2, -0.15) is 0 Å². The average Bonchev–Trinajstić information content (AvgIpc) is 2.64. The molecule has 1 fully saturated rings. The molecule has 21 heavy (non-hydrogen) atoms. The standard InChI is InChI=1S/C16H26N2O2S/c1-11-6-7-13(21(19,20)17-5)8-14(11)18-15-10-16(3,4)9-12(15)2/h6-8,12,15,17-18H,9-10H2,1-5H3. The average molecular weight is 310 g/mol. The Bertz CT molecular complexity index is 623. The molecule has 2 N–H and O–H groups in total. The highest BCUT2D eigenvalue weighted by Gasteiger charge is 2.36. The summed E-state index contributed by atoms with van der Waals surface area (Å²) in [6.07, 6.45) is 2.30. The van der Waals surface area contributed by atoms with Gasteiger partial charge in [0.25, 0.3) is 0 Å². The molecule has 1 aromatic carbocycles. The third kappa shape index (κ3) is 3.58. The van der Waals surface area contributed by atoms with Crippen LogP contribution in [0.2, 0.25) is 0 Å². The minimum absolute atomic E-state index is 0.308. The molecule has 2 unspecified atom stereocenters. The first-order valence-corrected chi connectivity index (χ1v) is 8.94. The molecule has 0 bridgehead atoms. The highest BCUT2D eigenvalue weighted by atomic mass is 32.2. The Morgan fingerprint density at radius 3 is 2.43 bits per heavy atom. The number of benzene rings is 1. The molecule has 1 aromatic rings. The summed E-state index contributed by atoms with van der Waals surface area (Å²) in [6.45, 7) is 8.85. The van der Waals surface area contributed by atoms with Crippen molar-refractivity contribution >= 4 is 15.7 Å². The Morgan fingerprint density at radius 1 is 1.24 bits per heavy atom. The van der Waals surface area contributed by atoms with Gasteiger partial charge < -0.3 is 5.32 Å². The number of aryl methyl sites for hydroxylation is 1. The van der Waals surface area contributed by atoms with Gasteiger partial charge in [0, 0.05) is 11.7 Å². The second kappa shape index (κ2) is 5.61. The lowest BCUT2D eigenvalue weighted by Crippen LogP contribution is -2.24. The molecule has 1 aliphatic carbocycles. The predicted molar refractivity (Wildman–Crippen MR) is 87.0 cm³/mol. The fourth-order valence-corrected chi connectivity index (χ4v) is 4.08. The number of sulfonamides is 1. The van der Waals surface area contributed by atoms with E-state index in [1.54, 1.807) is 12.1 Å². The topological polar surface area (TPSA) is 58.2 Å². The summed E-state index contributed by atoms with van der Waals surface area (Å²) in [5.41, 5.74) is 2.34. The maximum absolute atomic E-state index is 11.9. The zero-order valence-corrected chi connectivity index (χ0v) is 14.3. The van der Waals surface area contributed by atoms with Crippen LogP contribution in [0.5, 0.6) is 0 Å². The van der Waals surface area contributed by atoms with E-state index in [-0.39, 0.29) is 0 Å². The molecular formula is C16H26N2O2S. The molecule has 2 rings (SSSR count). The van der Waals surface area contributed by atoms with Crippen molar-refractivity contribution in [3.8, 4) is 0 Å². The minimum Gasteiger partial charge on any atom is -0.382 e. The molecule has 1 saturated carbocycles. The first-order chi connectivity index (χ1) is 9.64. The van der Waals surface area contributed by atoms with Gasteiger partial charge in [-0.05, 0) is 55.8 Å². The van der Waals surface area contributed by atoms with Crippen LogP contribution in [0.25, 0.3) is 0 Å². The molecule has 2 atom stereocenters. The number of hydrogen-bond acceptors (Lipinski definition) is 3. The summed E-state index contributed by atoms with van der Waals surface area (Å²) in [5.74, 6) is 0.587. The summed E-state index contributed by atoms with van der Waals surface area (Å²) in [6, 6.07) is 5.64. The first kappa shape index (κ1) is 16.3. The lowest BCUT2D eigenvalue weighted by molar-refractivity contribution is 0.366. The number of hydrogen-bond donors (Lipinski definition) is 2. The van der Waals surface area contributed by atoms with Crippen molar-refractivity contribution < 1.29 is 8.42 Å². The van der Waals surface area contributed by atoms with Crippen molar-refractivity contribution in [3.63, 3.8) is 0 Å². The third-order valence-electron chi connectivity index (χ3n) is 4.46. The van der Waals surface area contributed by atoms with Gasteiger partial charge in [-0.1, -0.05) is 26.8 Å². The van der Waals surface area contributed by atoms with E-state index < -0.39 is 10.0 Å². The zero-order valence-electron chi connectivity index (χ0n) is 13.5. The van der Waals surface area contributed by atoms with Gasteiger partial charge in [0.1, 0.15) is 0 Å². The summed E-state index contributed by atoms with van der Waals surface area (Å²) in [4.78, 5) is 0.308. The van der Waals surface area contributed by atoms with Crippen molar-refractivity contribution in [1.29, 1.82) is 0 Å². The van der Waals surface area contributed by atoms with Crippen LogP contribution in [0.15, 0.2) is 23.1 Å². The maximum Gasteiger partial charge on any atom is 0.240 e. The summed E-state index contributed by atoms with van der Waals surface area (Å²) < 4.78 is 26.2. The third-order valence-corrected chi connectivity index (χ3v) is 5.87. The highest BCUT2D eigenvalue weighted by molar-refractivity contribution is 7.89. The van der Waals surface area contributed by atoms with E-state index in [1.807, 2.05) is 13.0 Å². The van der Waals surface area contributed by atoms with Gasteiger partial charge in [-0.25, -0.2) is 13.1 Å². The normalized spacial score (nSPS) is 25.0. The Balaban J connectivity index is 2.27. The van der Waals surface area contributed by atoms with E-state index in [2.05, 4.69) is 30.8 Å². The van der Waals surface area contributed by atoms with E-state index in [0.717, 1.165) is 17.7 Å². The molecule has 0 aromatic heterocycles. The highest BCUT2D eigenvalue weighted by Crippen LogP contribution is 2.42. The smallest absolute Gasteiger partial charge is 0.240 e. The Hall–Kier alpha value is -1.07. The fourth-order valence-electron chi connectivity index (χ4n) is 3.33. The molecule has 0 radical (unpaired) electrons. The molecule has 5 heteroatoms. The van der Waals surface area contributed by atoms with E-state index in [0.29, 0.717) is 22.3 Å². The number of rotatable bonds is 4. The molecule has 118 valence electrons. The first-order valence-electron chi connectivity index (χ1n) is 7.45. The van der Waals surface area contributed by atoms with E-state index >= 15 is 0 Å². The van der Waals surface area contributed by atoms with Crippen LogP contribution in [0, 0.1) is 18.3 Å². The second-order valence-corrected chi connectivity index (χ2v) is 8.87. The SMILES string of the molecule is CNS(=O)(=O)c1ccc(C)c(NC2CC(C)(C)CC2C)c1. The largest absolute Gasteiger partial charge is 0.382 e. The summed E-state index contributed by atoms with van der Waals surface area (Å²) >= 11 is 0. The van der Waals surface area contributed by atoms with Crippen LogP contribution in [0.3, 0.4) is 0 Å². The van der Waals surface area contributed by atoms with Crippen molar-refractivity contribution in [2.75, 3.05) is 12.4 Å². The molecule has 1 aliphatic rings. The second-order valence-electron chi connectivity index (χ2n) is 6.98. The van der Waals surface area contributed by atoms with E-state index in [1.165, 1.54) is 13.5 Å². The van der Waals surface area contributed by atoms with E-state index in [4.69, 9.17) is 0 Å². The van der Waals surface area contributed by atoms with Crippen molar-refractivity contribution in [1.82, 2.24) is 4.72 Å². The summed E-state index contributed by atoms with van der Waals surface area (Å²) in [7, 11) is -1.96. The fraction of sp³-hybridized carbons (Fsp3) is 0.625. The quantitative estimate of drug-likeness (QED) is 0.898. The van der Waals surface area contributed by atoms with Crippen molar-refractivity contribution in [2.45, 2.75) is 51.5 Å². The van der Waals surface area contributed by atoms with Crippen LogP contribution in [-0.2, 0) is 10.0 Å². The van der Waals surface area contributed by atoms with Gasteiger partial charge in [0.2, 0.25) is 10.0 Å². The lowest BCUT2D eigenvalue weighted by atomic mass is 9.91. The zero-order chi connectivity index (χ0) is 15.8. The Morgan fingerprint density at radius 2 is 1.90 bits per heavy atom. The maximum atomic E-state index is 11.9. The van der Waals surface area contributed by atoms with Gasteiger partial charge in [0.15, 0.2) is 0 Å². The van der Waals surface area contributed by atoms with Crippen molar-refractivity contribution in [3.05, 3.63) is 23.8 Å². The van der Waals surface area contributed by atoms with Crippen LogP contribution >= 0.6 is 0 Å². The number of anilines is 1. The molecule has 0 aliphatic heterocycles. The van der Waals surface area contributed by atoms with Crippen molar-refractivity contribution in [2.24, 2.45) is 11.3 Å². The molecule has 0 amide bonds. The van der Waals surface area contributed by atoms with Crippen LogP contribution in [0.4, 0.5) is 5.69 Å². The Labute approximate surface area is 128 Å². The predicted octanol–water partition coefficient (Wildman–Crippen LogP) is 3.14. The molecule has 0 heterocycles. The van der Waals surface area contributed by atoms with Gasteiger partial charge >= 0.3 is 0 Å². The van der Waals surface area contributed by atoms with Gasteiger partial charge in [0.05, 0.1) is 4.90 Å². The molecular weight excluding hydrogens is 284 g/mol. The minimum atomic E-state index is -3.40. The van der Waals surface area contributed by atoms with Crippen LogP contribution < -0.4 is 10.0 Å².